The molecule has 0 aliphatic rings. The third-order valence-corrected chi connectivity index (χ3v) is 5.41. The largest absolute Gasteiger partial charge is 0.494 e. The van der Waals surface area contributed by atoms with Gasteiger partial charge in [0.1, 0.15) is 0 Å². The summed E-state index contributed by atoms with van der Waals surface area (Å²) in [6, 6.07) is 6.89. The van der Waals surface area contributed by atoms with Crippen LogP contribution in [-0.2, 0) is 0 Å². The quantitative estimate of drug-likeness (QED) is 0.203. The van der Waals surface area contributed by atoms with E-state index in [0.29, 0.717) is 10.7 Å². The fourth-order valence-corrected chi connectivity index (χ4v) is 3.58. The first-order valence-electron chi connectivity index (χ1n) is 10.7. The van der Waals surface area contributed by atoms with E-state index in [9.17, 15) is 9.90 Å². The molecule has 1 aromatic heterocycles. The molecule has 0 saturated carbocycles. The maximum atomic E-state index is 12.3. The van der Waals surface area contributed by atoms with Crippen LogP contribution in [0.4, 0.5) is 0 Å². The second-order valence-corrected chi connectivity index (χ2v) is 8.14. The first kappa shape index (κ1) is 24.2. The van der Waals surface area contributed by atoms with Crippen LogP contribution in [0.2, 0.25) is 5.02 Å². The molecular weight excluding hydrogens is 416 g/mol. The smallest absolute Gasteiger partial charge is 0.262 e. The molecule has 30 heavy (non-hydrogen) atoms. The summed E-state index contributed by atoms with van der Waals surface area (Å²) >= 11 is 11.1. The Kier molecular flexibility index (Phi) is 10.7. The zero-order valence-corrected chi connectivity index (χ0v) is 19.1. The topological polar surface area (TPSA) is 58.0 Å². The molecule has 0 radical (unpaired) electrons. The lowest BCUT2D eigenvalue weighted by Gasteiger charge is -2.11. The number of rotatable bonds is 12. The van der Waals surface area contributed by atoms with Crippen LogP contribution in [0.1, 0.15) is 70.3 Å². The lowest BCUT2D eigenvalue weighted by Crippen LogP contribution is -2.15. The number of hydrogen-bond donors (Lipinski definition) is 2. The molecule has 1 heterocycles. The van der Waals surface area contributed by atoms with Gasteiger partial charge in [-0.1, -0.05) is 56.0 Å². The molecule has 2 aromatic rings. The summed E-state index contributed by atoms with van der Waals surface area (Å²) in [5.74, 6) is -0.173. The van der Waals surface area contributed by atoms with Gasteiger partial charge in [0.15, 0.2) is 4.77 Å². The Balaban J connectivity index is 1.89. The van der Waals surface area contributed by atoms with Gasteiger partial charge in [-0.15, -0.1) is 0 Å². The molecule has 0 fully saturated rings. The molecule has 0 aliphatic heterocycles. The first-order valence-corrected chi connectivity index (χ1v) is 11.5. The average Bonchev–Trinajstić information content (AvgIpc) is 2.72. The number of halogens is 1. The number of aromatic hydroxyl groups is 1. The summed E-state index contributed by atoms with van der Waals surface area (Å²) in [7, 11) is 0. The molecule has 0 bridgehead atoms. The van der Waals surface area contributed by atoms with Crippen LogP contribution in [0.25, 0.3) is 11.8 Å². The monoisotopic (exact) mass is 446 g/mol. The van der Waals surface area contributed by atoms with Crippen molar-refractivity contribution < 1.29 is 5.11 Å². The average molecular weight is 447 g/mol. The second kappa shape index (κ2) is 13.2. The molecule has 4 nitrogen and oxygen atoms in total. The van der Waals surface area contributed by atoms with Crippen LogP contribution >= 0.6 is 23.8 Å². The van der Waals surface area contributed by atoms with Crippen LogP contribution in [0.3, 0.4) is 0 Å². The highest BCUT2D eigenvalue weighted by molar-refractivity contribution is 7.71. The molecular formula is C24H31ClN2O2S. The van der Waals surface area contributed by atoms with E-state index in [-0.39, 0.29) is 16.2 Å². The van der Waals surface area contributed by atoms with Crippen molar-refractivity contribution in [1.29, 1.82) is 0 Å². The van der Waals surface area contributed by atoms with Gasteiger partial charge in [0.2, 0.25) is 5.88 Å². The van der Waals surface area contributed by atoms with Crippen molar-refractivity contribution in [2.45, 2.75) is 64.7 Å². The summed E-state index contributed by atoms with van der Waals surface area (Å²) in [5, 5.41) is 11.2. The summed E-state index contributed by atoms with van der Waals surface area (Å²) in [5.41, 5.74) is 0.435. The lowest BCUT2D eigenvalue weighted by molar-refractivity contribution is 0.432. The Labute approximate surface area is 188 Å². The minimum absolute atomic E-state index is 0.137. The van der Waals surface area contributed by atoms with E-state index < -0.39 is 5.56 Å². The highest BCUT2D eigenvalue weighted by atomic mass is 35.5. The Morgan fingerprint density at radius 1 is 1.00 bits per heavy atom. The van der Waals surface area contributed by atoms with E-state index in [4.69, 9.17) is 23.8 Å². The van der Waals surface area contributed by atoms with Gasteiger partial charge in [0, 0.05) is 5.02 Å². The predicted molar refractivity (Wildman–Crippen MR) is 129 cm³/mol. The molecule has 0 amide bonds. The molecule has 2 N–H and O–H groups in total. The number of benzene rings is 1. The van der Waals surface area contributed by atoms with Crippen LogP contribution in [0, 0.1) is 4.77 Å². The summed E-state index contributed by atoms with van der Waals surface area (Å²) in [6.07, 6.45) is 18.6. The van der Waals surface area contributed by atoms with E-state index in [0.717, 1.165) is 25.7 Å². The number of aromatic nitrogens is 2. The molecule has 0 spiro atoms. The van der Waals surface area contributed by atoms with Gasteiger partial charge >= 0.3 is 0 Å². The normalized spacial score (nSPS) is 11.7. The van der Waals surface area contributed by atoms with Crippen LogP contribution < -0.4 is 5.56 Å². The maximum absolute atomic E-state index is 12.3. The van der Waals surface area contributed by atoms with Gasteiger partial charge in [0.25, 0.3) is 5.56 Å². The van der Waals surface area contributed by atoms with Gasteiger partial charge in [-0.3, -0.25) is 14.3 Å². The number of nitrogens with one attached hydrogen (secondary N) is 1. The molecule has 0 unspecified atom stereocenters. The van der Waals surface area contributed by atoms with Crippen LogP contribution in [-0.4, -0.2) is 14.7 Å². The molecule has 0 atom stereocenters. The summed E-state index contributed by atoms with van der Waals surface area (Å²) in [6.45, 7) is 2.23. The molecule has 2 rings (SSSR count). The van der Waals surface area contributed by atoms with Crippen molar-refractivity contribution in [3.05, 3.63) is 68.2 Å². The third-order valence-electron chi connectivity index (χ3n) is 4.87. The van der Waals surface area contributed by atoms with Crippen molar-refractivity contribution in [2.75, 3.05) is 0 Å². The molecule has 0 saturated heterocycles. The summed E-state index contributed by atoms with van der Waals surface area (Å²) in [4.78, 5) is 14.9. The Hall–Kier alpha value is -2.11. The van der Waals surface area contributed by atoms with Gasteiger partial charge in [-0.05, 0) is 81.1 Å². The van der Waals surface area contributed by atoms with Crippen LogP contribution in [0.5, 0.6) is 5.88 Å². The Morgan fingerprint density at radius 3 is 2.23 bits per heavy atom. The van der Waals surface area contributed by atoms with Crippen LogP contribution in [0.15, 0.2) is 47.3 Å². The predicted octanol–water partition coefficient (Wildman–Crippen LogP) is 7.35. The SMILES string of the molecule is CCCCCCC=CCCCCC=Cc1c(O)n(-c2ccc(Cl)cc2)c(=S)[nH]c1=O. The van der Waals surface area contributed by atoms with E-state index in [2.05, 4.69) is 24.1 Å². The van der Waals surface area contributed by atoms with Gasteiger partial charge in [-0.2, -0.15) is 0 Å². The highest BCUT2D eigenvalue weighted by Gasteiger charge is 2.11. The number of aromatic amines is 1. The van der Waals surface area contributed by atoms with Gasteiger partial charge in [0.05, 0.1) is 11.3 Å². The minimum atomic E-state index is -0.398. The van der Waals surface area contributed by atoms with E-state index in [1.54, 1.807) is 30.3 Å². The fraction of sp³-hybridized carbons (Fsp3) is 0.417. The summed E-state index contributed by atoms with van der Waals surface area (Å²) < 4.78 is 1.57. The number of H-pyrrole nitrogens is 1. The number of unbranched alkanes of at least 4 members (excludes halogenated alkanes) is 7. The molecule has 162 valence electrons. The zero-order chi connectivity index (χ0) is 21.8. The van der Waals surface area contributed by atoms with E-state index in [1.165, 1.54) is 36.7 Å². The molecule has 6 heteroatoms. The standard InChI is InChI=1S/C24H31ClN2O2S/c1-2-3-4-5-6-7-8-9-10-11-12-13-14-21-22(28)26-24(30)27(23(21)29)20-17-15-19(25)16-18-20/h7-8,13-18,29H,2-6,9-12H2,1H3,(H,26,28,30). The van der Waals surface area contributed by atoms with E-state index in [1.807, 2.05) is 6.08 Å². The zero-order valence-electron chi connectivity index (χ0n) is 17.6. The molecule has 1 aromatic carbocycles. The maximum Gasteiger partial charge on any atom is 0.262 e. The lowest BCUT2D eigenvalue weighted by atomic mass is 10.1. The number of hydrogen-bond acceptors (Lipinski definition) is 3. The van der Waals surface area contributed by atoms with Gasteiger partial charge < -0.3 is 5.11 Å². The van der Waals surface area contributed by atoms with Crippen molar-refractivity contribution >= 4 is 29.9 Å². The Morgan fingerprint density at radius 2 is 1.60 bits per heavy atom. The third kappa shape index (κ3) is 7.62. The van der Waals surface area contributed by atoms with Crippen molar-refractivity contribution in [2.24, 2.45) is 0 Å². The van der Waals surface area contributed by atoms with Crippen molar-refractivity contribution in [3.63, 3.8) is 0 Å². The number of allylic oxidation sites excluding steroid dienone is 3. The Bertz CT molecular complexity index is 959. The highest BCUT2D eigenvalue weighted by Crippen LogP contribution is 2.22. The van der Waals surface area contributed by atoms with Gasteiger partial charge in [-0.25, -0.2) is 0 Å². The number of nitrogens with zero attached hydrogens (tertiary/aromatic N) is 1. The van der Waals surface area contributed by atoms with Crippen molar-refractivity contribution in [1.82, 2.24) is 9.55 Å². The van der Waals surface area contributed by atoms with E-state index >= 15 is 0 Å². The fourth-order valence-electron chi connectivity index (χ4n) is 3.17. The minimum Gasteiger partial charge on any atom is -0.494 e. The molecule has 0 aliphatic carbocycles. The van der Waals surface area contributed by atoms with Crippen molar-refractivity contribution in [3.8, 4) is 11.6 Å². The first-order chi connectivity index (χ1) is 14.5. The second-order valence-electron chi connectivity index (χ2n) is 7.32.